The van der Waals surface area contributed by atoms with Crippen molar-refractivity contribution in [3.63, 3.8) is 0 Å². The summed E-state index contributed by atoms with van der Waals surface area (Å²) in [7, 11) is 2.65. The summed E-state index contributed by atoms with van der Waals surface area (Å²) in [5, 5.41) is 13.4. The molecule has 0 bridgehead atoms. The van der Waals surface area contributed by atoms with Crippen molar-refractivity contribution in [3.8, 4) is 0 Å². The zero-order chi connectivity index (χ0) is 46.5. The number of aromatic nitrogens is 4. The summed E-state index contributed by atoms with van der Waals surface area (Å²) >= 11 is 6.36. The van der Waals surface area contributed by atoms with Gasteiger partial charge in [0.25, 0.3) is 11.8 Å². The summed E-state index contributed by atoms with van der Waals surface area (Å²) in [5.74, 6) is -1.32. The van der Waals surface area contributed by atoms with Crippen LogP contribution in [0.4, 0.5) is 25.3 Å². The standard InChI is InChI=1S/C23H25FN4O3S.C18H16BrN3O3S.C5H10FN/c1-15-10-20(21(29)25-18-7-5-16(6-8-18)22(30)31-2)28(11-15)13-19-14-32-23(26-19)27-9-3-4-17(24)12-27;1-11-7-15(22(8-11)9-14-10-26-18(19)21-14)16(23)20-13-5-3-12(4-6-13)17(24)25-2;6-5-2-1-3-7-4-5/h5-8,10-11,14,17H,3-4,9,12-13H2,1-2H3,(H,25,29);3-8,10H,9H2,1-2H3,(H,20,23);5,7H,1-4H2. The van der Waals surface area contributed by atoms with Crippen LogP contribution in [0.1, 0.15) is 89.9 Å². The number of thiazole rings is 2. The molecule has 6 heterocycles. The van der Waals surface area contributed by atoms with Gasteiger partial charge in [-0.25, -0.2) is 28.3 Å². The van der Waals surface area contributed by atoms with Crippen LogP contribution in [0.15, 0.2) is 87.7 Å². The Morgan fingerprint density at radius 2 is 1.26 bits per heavy atom. The van der Waals surface area contributed by atoms with E-state index in [4.69, 9.17) is 4.74 Å². The molecule has 2 aliphatic rings. The molecule has 6 aromatic rings. The minimum atomic E-state index is -0.805. The Morgan fingerprint density at radius 1 is 0.754 bits per heavy atom. The van der Waals surface area contributed by atoms with Gasteiger partial charge >= 0.3 is 11.9 Å². The molecule has 3 N–H and O–H groups in total. The molecule has 2 saturated heterocycles. The second kappa shape index (κ2) is 23.4. The first kappa shape index (κ1) is 48.7. The summed E-state index contributed by atoms with van der Waals surface area (Å²) in [6, 6.07) is 16.7. The lowest BCUT2D eigenvalue weighted by molar-refractivity contribution is 0.0592. The Bertz CT molecular complexity index is 2540. The van der Waals surface area contributed by atoms with Gasteiger partial charge in [0.15, 0.2) is 9.05 Å². The third kappa shape index (κ3) is 14.1. The van der Waals surface area contributed by atoms with Crippen molar-refractivity contribution in [1.29, 1.82) is 0 Å². The lowest BCUT2D eigenvalue weighted by Gasteiger charge is -2.28. The highest BCUT2D eigenvalue weighted by molar-refractivity contribution is 9.11. The maximum absolute atomic E-state index is 13.7. The van der Waals surface area contributed by atoms with Crippen LogP contribution in [0, 0.1) is 13.8 Å². The smallest absolute Gasteiger partial charge is 0.337 e. The number of piperidine rings is 2. The lowest BCUT2D eigenvalue weighted by atomic mass is 10.1. The Labute approximate surface area is 392 Å². The number of hydrogen-bond donors (Lipinski definition) is 3. The van der Waals surface area contributed by atoms with Gasteiger partial charge in [-0.3, -0.25) is 9.59 Å². The molecule has 2 aromatic carbocycles. The number of hydrogen-bond acceptors (Lipinski definition) is 12. The molecule has 2 fully saturated rings. The molecule has 2 aliphatic heterocycles. The zero-order valence-corrected chi connectivity index (χ0v) is 39.7. The van der Waals surface area contributed by atoms with E-state index < -0.39 is 24.3 Å². The Hall–Kier alpha value is -5.76. The van der Waals surface area contributed by atoms with Crippen LogP contribution in [0.3, 0.4) is 0 Å². The maximum atomic E-state index is 13.7. The van der Waals surface area contributed by atoms with E-state index in [9.17, 15) is 28.0 Å². The maximum Gasteiger partial charge on any atom is 0.337 e. The van der Waals surface area contributed by atoms with Crippen LogP contribution in [-0.2, 0) is 22.6 Å². The molecule has 2 atom stereocenters. The summed E-state index contributed by atoms with van der Waals surface area (Å²) in [6.45, 7) is 7.60. The highest BCUT2D eigenvalue weighted by Gasteiger charge is 2.22. The number of esters is 2. The number of nitrogens with one attached hydrogen (secondary N) is 3. The normalized spacial score (nSPS) is 15.7. The average Bonchev–Trinajstić information content (AvgIpc) is 4.12. The number of alkyl halides is 2. The highest BCUT2D eigenvalue weighted by Crippen LogP contribution is 2.26. The van der Waals surface area contributed by atoms with Crippen molar-refractivity contribution in [1.82, 2.24) is 24.4 Å². The lowest BCUT2D eigenvalue weighted by Crippen LogP contribution is -2.36. The number of methoxy groups -OCH3 is 2. The number of ether oxygens (including phenoxy) is 2. The fourth-order valence-electron chi connectivity index (χ4n) is 7.09. The number of carbonyl (C=O) groups is 4. The van der Waals surface area contributed by atoms with Crippen LogP contribution >= 0.6 is 38.6 Å². The van der Waals surface area contributed by atoms with Crippen LogP contribution < -0.4 is 20.9 Å². The van der Waals surface area contributed by atoms with Crippen molar-refractivity contribution in [2.24, 2.45) is 0 Å². The molecule has 0 radical (unpaired) electrons. The SMILES string of the molecule is COC(=O)c1ccc(NC(=O)c2cc(C)cn2Cc2csc(Br)n2)cc1.COC(=O)c1ccc(NC(=O)c2cc(C)cn2Cc2csc(N3CCCC(F)C3)n2)cc1.FC1CCCNC1. The summed E-state index contributed by atoms with van der Waals surface area (Å²) in [6.07, 6.45) is 5.65. The molecule has 0 aliphatic carbocycles. The van der Waals surface area contributed by atoms with E-state index in [1.54, 1.807) is 48.5 Å². The minimum absolute atomic E-state index is 0.224. The van der Waals surface area contributed by atoms with E-state index in [0.717, 1.165) is 63.9 Å². The van der Waals surface area contributed by atoms with Crippen LogP contribution in [0.5, 0.6) is 0 Å². The number of benzene rings is 2. The van der Waals surface area contributed by atoms with Gasteiger partial charge in [0.05, 0.1) is 56.4 Å². The van der Waals surface area contributed by atoms with E-state index in [2.05, 4.69) is 46.6 Å². The van der Waals surface area contributed by atoms with Gasteiger partial charge in [-0.1, -0.05) is 0 Å². The first-order chi connectivity index (χ1) is 31.3. The monoisotopic (exact) mass is 992 g/mol. The van der Waals surface area contributed by atoms with Gasteiger partial charge in [-0.05, 0) is 134 Å². The average molecular weight is 994 g/mol. The predicted octanol–water partition coefficient (Wildman–Crippen LogP) is 9.09. The molecule has 0 saturated carbocycles. The largest absolute Gasteiger partial charge is 0.465 e. The number of amides is 2. The molecule has 344 valence electrons. The quantitative estimate of drug-likeness (QED) is 0.107. The van der Waals surface area contributed by atoms with E-state index in [-0.39, 0.29) is 11.8 Å². The summed E-state index contributed by atoms with van der Waals surface area (Å²) in [4.78, 5) is 59.7. The van der Waals surface area contributed by atoms with Crippen molar-refractivity contribution in [2.75, 3.05) is 55.9 Å². The zero-order valence-electron chi connectivity index (χ0n) is 36.4. The number of carbonyl (C=O) groups excluding carboxylic acids is 4. The van der Waals surface area contributed by atoms with Crippen molar-refractivity contribution in [3.05, 3.63) is 133 Å². The molecule has 4 aromatic heterocycles. The van der Waals surface area contributed by atoms with E-state index in [1.807, 2.05) is 63.2 Å². The van der Waals surface area contributed by atoms with E-state index >= 15 is 0 Å². The number of halogens is 3. The molecule has 0 spiro atoms. The van der Waals surface area contributed by atoms with Gasteiger partial charge in [0.2, 0.25) is 0 Å². The summed E-state index contributed by atoms with van der Waals surface area (Å²) in [5.41, 5.74) is 6.75. The molecular weight excluding hydrogens is 943 g/mol. The fraction of sp³-hybridized carbons (Fsp3) is 0.348. The van der Waals surface area contributed by atoms with Gasteiger partial charge in [0, 0.05) is 47.6 Å². The second-order valence-electron chi connectivity index (χ2n) is 15.4. The minimum Gasteiger partial charge on any atom is -0.465 e. The third-order valence-corrected chi connectivity index (χ3v) is 12.6. The van der Waals surface area contributed by atoms with Crippen molar-refractivity contribution >= 4 is 78.9 Å². The Balaban J connectivity index is 0.000000190. The molecule has 2 unspecified atom stereocenters. The van der Waals surface area contributed by atoms with Gasteiger partial charge in [-0.2, -0.15) is 0 Å². The molecular formula is C46H51BrF2N8O6S2. The third-order valence-electron chi connectivity index (χ3n) is 10.3. The van der Waals surface area contributed by atoms with E-state index in [0.29, 0.717) is 66.5 Å². The topological polar surface area (TPSA) is 162 Å². The van der Waals surface area contributed by atoms with Crippen molar-refractivity contribution in [2.45, 2.75) is 65.0 Å². The first-order valence-corrected chi connectivity index (χ1v) is 23.4. The van der Waals surface area contributed by atoms with Gasteiger partial charge in [0.1, 0.15) is 23.7 Å². The van der Waals surface area contributed by atoms with Gasteiger partial charge in [-0.15, -0.1) is 22.7 Å². The number of aryl methyl sites for hydroxylation is 2. The van der Waals surface area contributed by atoms with Crippen molar-refractivity contribution < 1.29 is 37.4 Å². The number of nitrogens with zero attached hydrogens (tertiary/aromatic N) is 5. The fourth-order valence-corrected chi connectivity index (χ4v) is 8.98. The highest BCUT2D eigenvalue weighted by atomic mass is 79.9. The van der Waals surface area contributed by atoms with Crippen LogP contribution in [0.2, 0.25) is 0 Å². The van der Waals surface area contributed by atoms with Crippen LogP contribution in [-0.4, -0.2) is 95.6 Å². The molecule has 19 heteroatoms. The van der Waals surface area contributed by atoms with E-state index in [1.165, 1.54) is 36.9 Å². The molecule has 8 rings (SSSR count). The number of anilines is 3. The molecule has 14 nitrogen and oxygen atoms in total. The second-order valence-corrected chi connectivity index (χ2v) is 18.4. The number of rotatable bonds is 11. The molecule has 65 heavy (non-hydrogen) atoms. The predicted molar refractivity (Wildman–Crippen MR) is 253 cm³/mol. The molecule has 2 amide bonds. The first-order valence-electron chi connectivity index (χ1n) is 20.9. The van der Waals surface area contributed by atoms with Gasteiger partial charge < -0.3 is 39.5 Å². The Kier molecular flexibility index (Phi) is 17.6. The Morgan fingerprint density at radius 3 is 1.69 bits per heavy atom. The summed E-state index contributed by atoms with van der Waals surface area (Å²) < 4.78 is 39.8. The van der Waals surface area contributed by atoms with Crippen LogP contribution in [0.25, 0.3) is 0 Å².